The number of aromatic nitrogens is 2. The highest BCUT2D eigenvalue weighted by molar-refractivity contribution is 5.41. The lowest BCUT2D eigenvalue weighted by molar-refractivity contribution is 0.403. The van der Waals surface area contributed by atoms with Crippen molar-refractivity contribution >= 4 is 5.82 Å². The van der Waals surface area contributed by atoms with Crippen LogP contribution in [0.5, 0.6) is 0 Å². The van der Waals surface area contributed by atoms with Crippen molar-refractivity contribution < 1.29 is 0 Å². The van der Waals surface area contributed by atoms with Crippen LogP contribution in [0.15, 0.2) is 6.20 Å². The van der Waals surface area contributed by atoms with Crippen molar-refractivity contribution in [3.63, 3.8) is 0 Å². The maximum Gasteiger partial charge on any atom is 0.148 e. The minimum Gasteiger partial charge on any atom is -0.364 e. The summed E-state index contributed by atoms with van der Waals surface area (Å²) in [5, 5.41) is 3.44. The molecule has 0 aliphatic heterocycles. The summed E-state index contributed by atoms with van der Waals surface area (Å²) in [4.78, 5) is 8.78. The van der Waals surface area contributed by atoms with Crippen molar-refractivity contribution in [1.29, 1.82) is 0 Å². The van der Waals surface area contributed by atoms with Gasteiger partial charge in [-0.1, -0.05) is 12.8 Å². The van der Waals surface area contributed by atoms with Crippen molar-refractivity contribution in [3.05, 3.63) is 17.6 Å². The van der Waals surface area contributed by atoms with Crippen LogP contribution in [-0.2, 0) is 0 Å². The molecule has 1 aliphatic rings. The van der Waals surface area contributed by atoms with Crippen LogP contribution in [0.1, 0.15) is 37.1 Å². The van der Waals surface area contributed by atoms with E-state index in [9.17, 15) is 0 Å². The summed E-state index contributed by atoms with van der Waals surface area (Å²) in [7, 11) is 0. The Hall–Kier alpha value is -1.16. The second-order valence-electron chi connectivity index (χ2n) is 4.64. The van der Waals surface area contributed by atoms with Gasteiger partial charge in [-0.3, -0.25) is 4.98 Å². The molecular formula is C12H20N4. The molecule has 0 aromatic carbocycles. The third kappa shape index (κ3) is 2.50. The van der Waals surface area contributed by atoms with Crippen LogP contribution in [0.3, 0.4) is 0 Å². The van der Waals surface area contributed by atoms with Gasteiger partial charge in [-0.05, 0) is 26.7 Å². The minimum atomic E-state index is 0.246. The molecule has 2 atom stereocenters. The molecule has 0 radical (unpaired) electrons. The van der Waals surface area contributed by atoms with Crippen molar-refractivity contribution in [1.82, 2.24) is 9.97 Å². The number of aryl methyl sites for hydroxylation is 2. The predicted octanol–water partition coefficient (Wildman–Crippen LogP) is 1.78. The first kappa shape index (κ1) is 11.3. The van der Waals surface area contributed by atoms with E-state index in [4.69, 9.17) is 5.73 Å². The van der Waals surface area contributed by atoms with Gasteiger partial charge in [0.15, 0.2) is 0 Å². The molecule has 1 heterocycles. The minimum absolute atomic E-state index is 0.246. The van der Waals surface area contributed by atoms with E-state index in [1.807, 2.05) is 13.8 Å². The smallest absolute Gasteiger partial charge is 0.148 e. The van der Waals surface area contributed by atoms with Gasteiger partial charge in [0.2, 0.25) is 0 Å². The molecule has 4 nitrogen and oxygen atoms in total. The van der Waals surface area contributed by atoms with Gasteiger partial charge in [0.05, 0.1) is 11.4 Å². The third-order valence-electron chi connectivity index (χ3n) is 3.22. The van der Waals surface area contributed by atoms with E-state index in [1.54, 1.807) is 6.20 Å². The highest BCUT2D eigenvalue weighted by atomic mass is 15.1. The fourth-order valence-corrected chi connectivity index (χ4v) is 2.19. The molecule has 1 aromatic rings. The summed E-state index contributed by atoms with van der Waals surface area (Å²) in [5.41, 5.74) is 7.99. The van der Waals surface area contributed by atoms with E-state index in [0.29, 0.717) is 6.04 Å². The van der Waals surface area contributed by atoms with Gasteiger partial charge < -0.3 is 11.1 Å². The van der Waals surface area contributed by atoms with Gasteiger partial charge in [0.25, 0.3) is 0 Å². The average molecular weight is 220 g/mol. The first-order valence-electron chi connectivity index (χ1n) is 5.99. The van der Waals surface area contributed by atoms with Crippen LogP contribution in [0, 0.1) is 13.8 Å². The molecule has 0 saturated heterocycles. The van der Waals surface area contributed by atoms with E-state index < -0.39 is 0 Å². The Balaban J connectivity index is 2.10. The second-order valence-corrected chi connectivity index (χ2v) is 4.64. The molecule has 1 aromatic heterocycles. The lowest BCUT2D eigenvalue weighted by Crippen LogP contribution is -2.43. The predicted molar refractivity (Wildman–Crippen MR) is 65.4 cm³/mol. The number of nitrogens with zero attached hydrogens (tertiary/aromatic N) is 2. The number of rotatable bonds is 2. The Kier molecular flexibility index (Phi) is 3.39. The Morgan fingerprint density at radius 2 is 2.06 bits per heavy atom. The van der Waals surface area contributed by atoms with E-state index in [1.165, 1.54) is 12.8 Å². The van der Waals surface area contributed by atoms with Crippen molar-refractivity contribution in [2.75, 3.05) is 5.32 Å². The molecule has 0 amide bonds. The third-order valence-corrected chi connectivity index (χ3v) is 3.22. The molecule has 0 unspecified atom stereocenters. The van der Waals surface area contributed by atoms with Gasteiger partial charge in [0, 0.05) is 18.3 Å². The lowest BCUT2D eigenvalue weighted by atomic mass is 9.91. The molecule has 1 aliphatic carbocycles. The Morgan fingerprint density at radius 1 is 1.31 bits per heavy atom. The Labute approximate surface area is 96.7 Å². The zero-order chi connectivity index (χ0) is 11.5. The summed E-state index contributed by atoms with van der Waals surface area (Å²) in [6, 6.07) is 0.596. The SMILES string of the molecule is Cc1cnc(C)c(N[C@@H]2CCCC[C@H]2N)n1. The topological polar surface area (TPSA) is 63.8 Å². The van der Waals surface area contributed by atoms with Crippen LogP contribution < -0.4 is 11.1 Å². The number of hydrogen-bond donors (Lipinski definition) is 2. The fraction of sp³-hybridized carbons (Fsp3) is 0.667. The second kappa shape index (κ2) is 4.78. The van der Waals surface area contributed by atoms with Crippen molar-refractivity contribution in [2.24, 2.45) is 5.73 Å². The zero-order valence-electron chi connectivity index (χ0n) is 10.0. The van der Waals surface area contributed by atoms with Crippen LogP contribution in [0.25, 0.3) is 0 Å². The highest BCUT2D eigenvalue weighted by Gasteiger charge is 2.22. The first-order chi connectivity index (χ1) is 7.66. The van der Waals surface area contributed by atoms with Gasteiger partial charge in [-0.25, -0.2) is 4.98 Å². The summed E-state index contributed by atoms with van der Waals surface area (Å²) in [6.45, 7) is 3.93. The lowest BCUT2D eigenvalue weighted by Gasteiger charge is -2.30. The molecule has 2 rings (SSSR count). The first-order valence-corrected chi connectivity index (χ1v) is 5.99. The molecular weight excluding hydrogens is 200 g/mol. The molecule has 0 bridgehead atoms. The van der Waals surface area contributed by atoms with Crippen LogP contribution in [-0.4, -0.2) is 22.1 Å². The van der Waals surface area contributed by atoms with Crippen LogP contribution in [0.4, 0.5) is 5.82 Å². The van der Waals surface area contributed by atoms with Crippen molar-refractivity contribution in [2.45, 2.75) is 51.6 Å². The van der Waals surface area contributed by atoms with Gasteiger partial charge in [-0.15, -0.1) is 0 Å². The average Bonchev–Trinajstić information content (AvgIpc) is 2.27. The van der Waals surface area contributed by atoms with E-state index >= 15 is 0 Å². The molecule has 1 fully saturated rings. The number of anilines is 1. The van der Waals surface area contributed by atoms with Crippen LogP contribution >= 0.6 is 0 Å². The standard InChI is InChI=1S/C12H20N4/c1-8-7-14-9(2)12(15-8)16-11-6-4-3-5-10(11)13/h7,10-11H,3-6,13H2,1-2H3,(H,15,16)/t10-,11-/m1/s1. The Morgan fingerprint density at radius 3 is 2.81 bits per heavy atom. The quantitative estimate of drug-likeness (QED) is 0.797. The van der Waals surface area contributed by atoms with Crippen LogP contribution in [0.2, 0.25) is 0 Å². The Bertz CT molecular complexity index is 364. The highest BCUT2D eigenvalue weighted by Crippen LogP contribution is 2.21. The van der Waals surface area contributed by atoms with E-state index in [-0.39, 0.29) is 6.04 Å². The summed E-state index contributed by atoms with van der Waals surface area (Å²) in [5.74, 6) is 0.891. The monoisotopic (exact) mass is 220 g/mol. The number of nitrogens with two attached hydrogens (primary N) is 1. The molecule has 88 valence electrons. The maximum absolute atomic E-state index is 6.10. The summed E-state index contributed by atoms with van der Waals surface area (Å²) < 4.78 is 0. The fourth-order valence-electron chi connectivity index (χ4n) is 2.19. The summed E-state index contributed by atoms with van der Waals surface area (Å²) >= 11 is 0. The van der Waals surface area contributed by atoms with E-state index in [0.717, 1.165) is 30.0 Å². The molecule has 0 spiro atoms. The molecule has 1 saturated carbocycles. The zero-order valence-corrected chi connectivity index (χ0v) is 10.0. The molecule has 3 N–H and O–H groups in total. The number of nitrogens with one attached hydrogen (secondary N) is 1. The van der Waals surface area contributed by atoms with Gasteiger partial charge >= 0.3 is 0 Å². The maximum atomic E-state index is 6.10. The van der Waals surface area contributed by atoms with Crippen molar-refractivity contribution in [3.8, 4) is 0 Å². The largest absolute Gasteiger partial charge is 0.364 e. The summed E-state index contributed by atoms with van der Waals surface area (Å²) in [6.07, 6.45) is 6.54. The van der Waals surface area contributed by atoms with Gasteiger partial charge in [0.1, 0.15) is 5.82 Å². The number of hydrogen-bond acceptors (Lipinski definition) is 4. The molecule has 4 heteroatoms. The molecule has 16 heavy (non-hydrogen) atoms. The van der Waals surface area contributed by atoms with Gasteiger partial charge in [-0.2, -0.15) is 0 Å². The normalized spacial score (nSPS) is 25.4. The van der Waals surface area contributed by atoms with E-state index in [2.05, 4.69) is 15.3 Å².